The molecule has 5 heteroatoms. The van der Waals surface area contributed by atoms with Crippen molar-refractivity contribution in [1.29, 1.82) is 0 Å². The first kappa shape index (κ1) is 21.5. The van der Waals surface area contributed by atoms with Gasteiger partial charge < -0.3 is 4.74 Å². The van der Waals surface area contributed by atoms with Gasteiger partial charge in [0.15, 0.2) is 0 Å². The van der Waals surface area contributed by atoms with E-state index < -0.39 is 0 Å². The molecule has 0 saturated carbocycles. The lowest BCUT2D eigenvalue weighted by Gasteiger charge is -2.27. The van der Waals surface area contributed by atoms with Crippen molar-refractivity contribution in [3.8, 4) is 5.75 Å². The maximum Gasteiger partial charge on any atom is 0.119 e. The van der Waals surface area contributed by atoms with Gasteiger partial charge in [-0.2, -0.15) is 5.11 Å². The normalized spacial score (nSPS) is 12.2. The van der Waals surface area contributed by atoms with Crippen molar-refractivity contribution in [2.24, 2.45) is 10.3 Å². The van der Waals surface area contributed by atoms with Crippen molar-refractivity contribution >= 4 is 0 Å². The second kappa shape index (κ2) is 11.7. The summed E-state index contributed by atoms with van der Waals surface area (Å²) in [7, 11) is 1.94. The highest BCUT2D eigenvalue weighted by Gasteiger charge is 2.23. The Hall–Kier alpha value is -3.18. The van der Waals surface area contributed by atoms with Gasteiger partial charge in [0.05, 0.1) is 13.2 Å². The molecule has 0 heterocycles. The molecule has 0 bridgehead atoms. The Morgan fingerprint density at radius 3 is 2.13 bits per heavy atom. The van der Waals surface area contributed by atoms with E-state index in [9.17, 15) is 0 Å². The topological polar surface area (TPSA) is 58.0 Å². The SMILES string of the molecule is CCOc1cccc(CCN=NN[C@H](NC)C(c2ccccc2)c2ccccc2)c1. The van der Waals surface area contributed by atoms with Crippen LogP contribution in [0, 0.1) is 0 Å². The van der Waals surface area contributed by atoms with Crippen LogP contribution in [0.5, 0.6) is 5.75 Å². The molecule has 3 aromatic carbocycles. The summed E-state index contributed by atoms with van der Waals surface area (Å²) in [6.07, 6.45) is 0.733. The fraction of sp³-hybridized carbons (Fsp3) is 0.280. The Morgan fingerprint density at radius 1 is 0.867 bits per heavy atom. The average molecular weight is 403 g/mol. The van der Waals surface area contributed by atoms with E-state index in [4.69, 9.17) is 4.74 Å². The molecule has 0 saturated heterocycles. The highest BCUT2D eigenvalue weighted by molar-refractivity contribution is 5.34. The molecule has 0 spiro atoms. The Labute approximate surface area is 179 Å². The van der Waals surface area contributed by atoms with Gasteiger partial charge >= 0.3 is 0 Å². The molecule has 0 radical (unpaired) electrons. The monoisotopic (exact) mass is 402 g/mol. The van der Waals surface area contributed by atoms with Crippen LogP contribution in [0.3, 0.4) is 0 Å². The molecule has 1 atom stereocenters. The van der Waals surface area contributed by atoms with Crippen LogP contribution >= 0.6 is 0 Å². The minimum Gasteiger partial charge on any atom is -0.494 e. The largest absolute Gasteiger partial charge is 0.494 e. The first-order valence-electron chi connectivity index (χ1n) is 10.4. The van der Waals surface area contributed by atoms with Crippen LogP contribution in [0.4, 0.5) is 0 Å². The van der Waals surface area contributed by atoms with Gasteiger partial charge in [-0.05, 0) is 49.2 Å². The third kappa shape index (κ3) is 6.16. The van der Waals surface area contributed by atoms with E-state index in [-0.39, 0.29) is 12.1 Å². The summed E-state index contributed by atoms with van der Waals surface area (Å²) in [4.78, 5) is 0. The zero-order valence-corrected chi connectivity index (χ0v) is 17.7. The van der Waals surface area contributed by atoms with Gasteiger partial charge in [-0.1, -0.05) is 78.0 Å². The molecule has 0 amide bonds. The van der Waals surface area contributed by atoms with Crippen LogP contribution in [0.2, 0.25) is 0 Å². The second-order valence-corrected chi connectivity index (χ2v) is 6.99. The maximum absolute atomic E-state index is 5.56. The van der Waals surface area contributed by atoms with Crippen LogP contribution in [-0.4, -0.2) is 26.4 Å². The molecule has 5 nitrogen and oxygen atoms in total. The van der Waals surface area contributed by atoms with Gasteiger partial charge in [0.25, 0.3) is 0 Å². The van der Waals surface area contributed by atoms with E-state index in [0.29, 0.717) is 13.2 Å². The van der Waals surface area contributed by atoms with Crippen molar-refractivity contribution in [2.45, 2.75) is 25.4 Å². The molecular weight excluding hydrogens is 372 g/mol. The minimum absolute atomic E-state index is 0.0835. The van der Waals surface area contributed by atoms with Crippen molar-refractivity contribution in [3.63, 3.8) is 0 Å². The number of hydrogen-bond donors (Lipinski definition) is 2. The highest BCUT2D eigenvalue weighted by Crippen LogP contribution is 2.27. The summed E-state index contributed by atoms with van der Waals surface area (Å²) in [5.74, 6) is 1.01. The molecule has 0 aliphatic rings. The fourth-order valence-electron chi connectivity index (χ4n) is 3.49. The number of rotatable bonds is 11. The third-order valence-electron chi connectivity index (χ3n) is 4.94. The standard InChI is InChI=1S/C25H30N4O/c1-3-30-23-16-10-11-20(19-23)17-18-27-29-28-25(26-2)24(21-12-6-4-7-13-21)22-14-8-5-9-15-22/h4-16,19,24-26H,3,17-18H2,1-2H3,(H,27,28)/t25-/m0/s1. The summed E-state index contributed by atoms with van der Waals surface area (Å²) in [5.41, 5.74) is 6.84. The predicted molar refractivity (Wildman–Crippen MR) is 122 cm³/mol. The first-order chi connectivity index (χ1) is 14.8. The second-order valence-electron chi connectivity index (χ2n) is 6.99. The number of nitrogens with zero attached hydrogens (tertiary/aromatic N) is 2. The fourth-order valence-corrected chi connectivity index (χ4v) is 3.49. The number of hydrogen-bond acceptors (Lipinski definition) is 4. The zero-order valence-electron chi connectivity index (χ0n) is 17.7. The molecule has 0 unspecified atom stereocenters. The van der Waals surface area contributed by atoms with Crippen molar-refractivity contribution in [1.82, 2.24) is 10.7 Å². The lowest BCUT2D eigenvalue weighted by molar-refractivity contribution is 0.340. The molecule has 0 aliphatic heterocycles. The summed E-state index contributed by atoms with van der Waals surface area (Å²) in [6.45, 7) is 3.27. The van der Waals surface area contributed by atoms with Gasteiger partial charge in [0.2, 0.25) is 0 Å². The van der Waals surface area contributed by atoms with Crippen LogP contribution in [0.1, 0.15) is 29.5 Å². The van der Waals surface area contributed by atoms with Crippen molar-refractivity contribution < 1.29 is 4.74 Å². The van der Waals surface area contributed by atoms with E-state index in [0.717, 1.165) is 12.2 Å². The summed E-state index contributed by atoms with van der Waals surface area (Å²) >= 11 is 0. The maximum atomic E-state index is 5.56. The summed E-state index contributed by atoms with van der Waals surface area (Å²) in [5, 5.41) is 12.0. The Balaban J connectivity index is 1.63. The van der Waals surface area contributed by atoms with E-state index in [1.165, 1.54) is 16.7 Å². The van der Waals surface area contributed by atoms with Gasteiger partial charge in [-0.25, -0.2) is 0 Å². The van der Waals surface area contributed by atoms with E-state index >= 15 is 0 Å². The lowest BCUT2D eigenvalue weighted by Crippen LogP contribution is -2.42. The van der Waals surface area contributed by atoms with Crippen LogP contribution in [0.25, 0.3) is 0 Å². The van der Waals surface area contributed by atoms with E-state index in [1.54, 1.807) is 0 Å². The summed E-state index contributed by atoms with van der Waals surface area (Å²) in [6, 6.07) is 29.0. The number of likely N-dealkylation sites (N-methyl/N-ethyl adjacent to an activating group) is 1. The number of benzene rings is 3. The van der Waals surface area contributed by atoms with Gasteiger partial charge in [-0.15, -0.1) is 0 Å². The van der Waals surface area contributed by atoms with Gasteiger partial charge in [-0.3, -0.25) is 10.7 Å². The molecule has 0 aromatic heterocycles. The molecule has 0 aliphatic carbocycles. The van der Waals surface area contributed by atoms with E-state index in [2.05, 4.69) is 81.7 Å². The molecule has 0 fully saturated rings. The van der Waals surface area contributed by atoms with E-state index in [1.807, 2.05) is 38.2 Å². The molecule has 3 aromatic rings. The molecule has 2 N–H and O–H groups in total. The predicted octanol–water partition coefficient (Wildman–Crippen LogP) is 4.96. The number of nitrogens with one attached hydrogen (secondary N) is 2. The Bertz CT molecular complexity index is 860. The van der Waals surface area contributed by atoms with Gasteiger partial charge in [0.1, 0.15) is 11.9 Å². The van der Waals surface area contributed by atoms with Crippen LogP contribution in [0.15, 0.2) is 95.3 Å². The first-order valence-corrected chi connectivity index (χ1v) is 10.4. The van der Waals surface area contributed by atoms with Crippen LogP contribution in [-0.2, 0) is 6.42 Å². The lowest BCUT2D eigenvalue weighted by atomic mass is 9.89. The molecule has 3 rings (SSSR count). The number of ether oxygens (including phenoxy) is 1. The van der Waals surface area contributed by atoms with Crippen molar-refractivity contribution in [2.75, 3.05) is 20.2 Å². The molecule has 30 heavy (non-hydrogen) atoms. The minimum atomic E-state index is -0.0835. The van der Waals surface area contributed by atoms with Gasteiger partial charge in [0, 0.05) is 5.92 Å². The average Bonchev–Trinajstić information content (AvgIpc) is 2.80. The van der Waals surface area contributed by atoms with Crippen LogP contribution < -0.4 is 15.5 Å². The summed E-state index contributed by atoms with van der Waals surface area (Å²) < 4.78 is 5.56. The molecular formula is C25H30N4O. The Kier molecular flexibility index (Phi) is 8.42. The highest BCUT2D eigenvalue weighted by atomic mass is 16.5. The smallest absolute Gasteiger partial charge is 0.119 e. The van der Waals surface area contributed by atoms with Crippen molar-refractivity contribution in [3.05, 3.63) is 102 Å². The Morgan fingerprint density at radius 2 is 1.53 bits per heavy atom. The quantitative estimate of drug-likeness (QED) is 0.271. The molecule has 156 valence electrons. The zero-order chi connectivity index (χ0) is 21.0. The third-order valence-corrected chi connectivity index (χ3v) is 4.94.